The van der Waals surface area contributed by atoms with Crippen LogP contribution in [0, 0.1) is 21.8 Å². The molecule has 2 rings (SSSR count). The van der Waals surface area contributed by atoms with Crippen LogP contribution in [0.15, 0.2) is 29.3 Å². The van der Waals surface area contributed by atoms with Gasteiger partial charge in [-0.3, -0.25) is 19.9 Å². The fraction of sp³-hybridized carbons (Fsp3) is 0.556. The third kappa shape index (κ3) is 6.18. The fourth-order valence-corrected chi connectivity index (χ4v) is 3.13. The van der Waals surface area contributed by atoms with Crippen LogP contribution in [-0.4, -0.2) is 61.2 Å². The number of ketones is 1. The van der Waals surface area contributed by atoms with Crippen LogP contribution in [-0.2, 0) is 0 Å². The molecule has 0 spiro atoms. The zero-order valence-electron chi connectivity index (χ0n) is 15.0. The van der Waals surface area contributed by atoms with Crippen molar-refractivity contribution >= 4 is 11.6 Å². The lowest BCUT2D eigenvalue weighted by Crippen LogP contribution is -2.38. The number of hydrogen-bond donors (Lipinski definition) is 1. The molecule has 8 heteroatoms. The number of hydrogen-bond acceptors (Lipinski definition) is 5. The molecule has 0 amide bonds. The van der Waals surface area contributed by atoms with Gasteiger partial charge in [0.05, 0.1) is 0 Å². The van der Waals surface area contributed by atoms with E-state index >= 15 is 0 Å². The third-order valence-corrected chi connectivity index (χ3v) is 4.62. The maximum atomic E-state index is 13.0. The maximum absolute atomic E-state index is 13.0. The minimum Gasteiger partial charge on any atom is -0.368 e. The number of piperidine rings is 1. The highest BCUT2D eigenvalue weighted by Crippen LogP contribution is 2.22. The first-order chi connectivity index (χ1) is 12.5. The highest BCUT2D eigenvalue weighted by Gasteiger charge is 2.25. The van der Waals surface area contributed by atoms with E-state index in [2.05, 4.69) is 15.2 Å². The number of aliphatic imine (C=N–C) groups is 1. The van der Waals surface area contributed by atoms with Crippen LogP contribution < -0.4 is 5.32 Å². The first-order valence-electron chi connectivity index (χ1n) is 8.83. The van der Waals surface area contributed by atoms with E-state index < -0.39 is 4.92 Å². The molecule has 0 saturated carbocycles. The number of nitrogens with one attached hydrogen (secondary N) is 1. The van der Waals surface area contributed by atoms with Gasteiger partial charge >= 0.3 is 0 Å². The molecule has 1 aromatic rings. The number of nitro groups is 1. The van der Waals surface area contributed by atoms with Crippen molar-refractivity contribution in [2.75, 3.05) is 39.8 Å². The molecule has 1 aromatic carbocycles. The predicted molar refractivity (Wildman–Crippen MR) is 97.7 cm³/mol. The predicted octanol–water partition coefficient (Wildman–Crippen LogP) is 2.01. The largest absolute Gasteiger partial charge is 0.368 e. The third-order valence-electron chi connectivity index (χ3n) is 4.62. The van der Waals surface area contributed by atoms with Gasteiger partial charge in [-0.05, 0) is 63.2 Å². The summed E-state index contributed by atoms with van der Waals surface area (Å²) in [6.07, 6.45) is 2.45. The van der Waals surface area contributed by atoms with Crippen molar-refractivity contribution in [2.45, 2.75) is 19.3 Å². The molecule has 0 aliphatic carbocycles. The van der Waals surface area contributed by atoms with Gasteiger partial charge in [0.1, 0.15) is 5.82 Å². The molecule has 0 radical (unpaired) electrons. The lowest BCUT2D eigenvalue weighted by Gasteiger charge is -2.31. The van der Waals surface area contributed by atoms with Gasteiger partial charge in [0.2, 0.25) is 0 Å². The fourth-order valence-electron chi connectivity index (χ4n) is 3.13. The molecule has 0 aromatic heterocycles. The van der Waals surface area contributed by atoms with Crippen molar-refractivity contribution in [1.29, 1.82) is 0 Å². The Kier molecular flexibility index (Phi) is 7.65. The highest BCUT2D eigenvalue weighted by molar-refractivity contribution is 5.97. The average Bonchev–Trinajstić information content (AvgIpc) is 2.64. The zero-order chi connectivity index (χ0) is 18.9. The lowest BCUT2D eigenvalue weighted by atomic mass is 9.89. The van der Waals surface area contributed by atoms with E-state index in [4.69, 9.17) is 0 Å². The smallest absolute Gasteiger partial charge is 0.259 e. The van der Waals surface area contributed by atoms with E-state index in [0.717, 1.165) is 38.9 Å². The second-order valence-corrected chi connectivity index (χ2v) is 6.43. The summed E-state index contributed by atoms with van der Waals surface area (Å²) < 4.78 is 13.0. The number of carbonyl (C=O) groups excluding carboxylic acids is 1. The van der Waals surface area contributed by atoms with Crippen LogP contribution >= 0.6 is 0 Å². The lowest BCUT2D eigenvalue weighted by molar-refractivity contribution is -0.463. The molecule has 0 atom stereocenters. The van der Waals surface area contributed by atoms with Crippen molar-refractivity contribution in [3.8, 4) is 0 Å². The number of likely N-dealkylation sites (tertiary alicyclic amines) is 1. The number of carbonyl (C=O) groups is 1. The van der Waals surface area contributed by atoms with E-state index in [1.165, 1.54) is 19.2 Å². The number of amidine groups is 1. The van der Waals surface area contributed by atoms with E-state index in [1.54, 1.807) is 12.1 Å². The molecule has 1 aliphatic rings. The summed E-state index contributed by atoms with van der Waals surface area (Å²) in [6.45, 7) is 2.92. The Labute approximate surface area is 152 Å². The Morgan fingerprint density at radius 2 is 2.00 bits per heavy atom. The van der Waals surface area contributed by atoms with Crippen molar-refractivity contribution in [3.63, 3.8) is 0 Å². The van der Waals surface area contributed by atoms with Crippen molar-refractivity contribution in [3.05, 3.63) is 45.8 Å². The minimum atomic E-state index is -0.405. The molecule has 1 heterocycles. The monoisotopic (exact) mass is 364 g/mol. The second-order valence-electron chi connectivity index (χ2n) is 6.43. The summed E-state index contributed by atoms with van der Waals surface area (Å²) in [5.41, 5.74) is 0.575. The van der Waals surface area contributed by atoms with Gasteiger partial charge in [-0.2, -0.15) is 0 Å². The SMILES string of the molecule is CN=C(C[N+](=O)[O-])NCCCN1CCC(C(=O)c2ccc(F)cc2)CC1. The quantitative estimate of drug-likeness (QED) is 0.190. The Hall–Kier alpha value is -2.35. The molecular weight excluding hydrogens is 339 g/mol. The first-order valence-corrected chi connectivity index (χ1v) is 8.83. The number of halogens is 1. The molecule has 0 unspecified atom stereocenters. The van der Waals surface area contributed by atoms with Crippen molar-refractivity contribution in [1.82, 2.24) is 10.2 Å². The molecule has 26 heavy (non-hydrogen) atoms. The van der Waals surface area contributed by atoms with E-state index in [9.17, 15) is 19.3 Å². The molecule has 7 nitrogen and oxygen atoms in total. The summed E-state index contributed by atoms with van der Waals surface area (Å²) in [6, 6.07) is 5.74. The zero-order valence-corrected chi connectivity index (χ0v) is 15.0. The van der Waals surface area contributed by atoms with Crippen LogP contribution in [0.3, 0.4) is 0 Å². The van der Waals surface area contributed by atoms with Crippen molar-refractivity contribution in [2.24, 2.45) is 10.9 Å². The number of benzene rings is 1. The van der Waals surface area contributed by atoms with Gasteiger partial charge < -0.3 is 10.2 Å². The molecular formula is C18H25FN4O3. The highest BCUT2D eigenvalue weighted by atomic mass is 19.1. The Morgan fingerprint density at radius 1 is 1.35 bits per heavy atom. The standard InChI is InChI=1S/C18H25FN4O3/c1-20-17(13-23(25)26)21-9-2-10-22-11-7-15(8-12-22)18(24)14-3-5-16(19)6-4-14/h3-6,15H,2,7-13H2,1H3,(H,20,21). The van der Waals surface area contributed by atoms with E-state index in [1.807, 2.05) is 0 Å². The molecule has 1 fully saturated rings. The summed E-state index contributed by atoms with van der Waals surface area (Å²) in [5.74, 6) is 0.140. The summed E-state index contributed by atoms with van der Waals surface area (Å²) >= 11 is 0. The van der Waals surface area contributed by atoms with Gasteiger partial charge in [-0.15, -0.1) is 0 Å². The van der Waals surface area contributed by atoms with Gasteiger partial charge in [0.15, 0.2) is 11.6 Å². The first kappa shape index (κ1) is 20.0. The van der Waals surface area contributed by atoms with E-state index in [0.29, 0.717) is 17.9 Å². The number of Topliss-reactive ketones (excluding diaryl/α,β-unsaturated/α-hetero) is 1. The summed E-state index contributed by atoms with van der Waals surface area (Å²) in [7, 11) is 1.54. The normalized spacial score (nSPS) is 16.5. The van der Waals surface area contributed by atoms with Crippen LogP contribution in [0.4, 0.5) is 4.39 Å². The maximum Gasteiger partial charge on any atom is 0.259 e. The molecule has 1 saturated heterocycles. The molecule has 1 N–H and O–H groups in total. The Balaban J connectivity index is 1.67. The van der Waals surface area contributed by atoms with Crippen LogP contribution in [0.25, 0.3) is 0 Å². The summed E-state index contributed by atoms with van der Waals surface area (Å²) in [4.78, 5) is 28.7. The molecule has 0 bridgehead atoms. The van der Waals surface area contributed by atoms with Gasteiger partial charge in [0, 0.05) is 30.0 Å². The summed E-state index contributed by atoms with van der Waals surface area (Å²) in [5, 5.41) is 13.5. The van der Waals surface area contributed by atoms with Crippen LogP contribution in [0.2, 0.25) is 0 Å². The van der Waals surface area contributed by atoms with Crippen LogP contribution in [0.1, 0.15) is 29.6 Å². The second kappa shape index (κ2) is 9.96. The topological polar surface area (TPSA) is 87.8 Å². The Bertz CT molecular complexity index is 640. The van der Waals surface area contributed by atoms with Gasteiger partial charge in [0.25, 0.3) is 6.54 Å². The van der Waals surface area contributed by atoms with Crippen molar-refractivity contribution < 1.29 is 14.1 Å². The minimum absolute atomic E-state index is 0.00578. The van der Waals surface area contributed by atoms with Gasteiger partial charge in [-0.1, -0.05) is 0 Å². The number of rotatable bonds is 8. The Morgan fingerprint density at radius 3 is 2.58 bits per heavy atom. The molecule has 1 aliphatic heterocycles. The van der Waals surface area contributed by atoms with Gasteiger partial charge in [-0.25, -0.2) is 4.39 Å². The van der Waals surface area contributed by atoms with Crippen LogP contribution in [0.5, 0.6) is 0 Å². The molecule has 142 valence electrons. The number of nitrogens with zero attached hydrogens (tertiary/aromatic N) is 3. The van der Waals surface area contributed by atoms with E-state index in [-0.39, 0.29) is 24.1 Å². The average molecular weight is 364 g/mol.